The Labute approximate surface area is 127 Å². The number of hydrogen-bond acceptors (Lipinski definition) is 4. The molecule has 2 saturated heterocycles. The predicted octanol–water partition coefficient (Wildman–Crippen LogP) is 2.01. The van der Waals surface area contributed by atoms with Crippen LogP contribution in [0.15, 0.2) is 18.3 Å². The van der Waals surface area contributed by atoms with Gasteiger partial charge in [0.25, 0.3) is 0 Å². The smallest absolute Gasteiger partial charge is 0.128 e. The zero-order chi connectivity index (χ0) is 14.1. The lowest BCUT2D eigenvalue weighted by Gasteiger charge is -2.44. The van der Waals surface area contributed by atoms with Gasteiger partial charge in [0.2, 0.25) is 0 Å². The number of nitrogens with one attached hydrogen (secondary N) is 1. The van der Waals surface area contributed by atoms with E-state index in [0.29, 0.717) is 0 Å². The SMILES string of the molecule is c1cc(CNC2CC2)cc(N2CCN3CCCCC3C2)n1. The zero-order valence-electron chi connectivity index (χ0n) is 12.8. The molecule has 4 heteroatoms. The number of piperazine rings is 1. The maximum Gasteiger partial charge on any atom is 0.128 e. The number of pyridine rings is 1. The minimum atomic E-state index is 0.752. The molecule has 1 saturated carbocycles. The topological polar surface area (TPSA) is 31.4 Å². The van der Waals surface area contributed by atoms with Crippen LogP contribution in [0, 0.1) is 0 Å². The number of hydrogen-bond donors (Lipinski definition) is 1. The van der Waals surface area contributed by atoms with Crippen molar-refractivity contribution in [3.05, 3.63) is 23.9 Å². The van der Waals surface area contributed by atoms with E-state index >= 15 is 0 Å². The third-order valence-corrected chi connectivity index (χ3v) is 5.14. The Morgan fingerprint density at radius 3 is 3.00 bits per heavy atom. The summed E-state index contributed by atoms with van der Waals surface area (Å²) >= 11 is 0. The van der Waals surface area contributed by atoms with E-state index in [1.807, 2.05) is 6.20 Å². The van der Waals surface area contributed by atoms with Gasteiger partial charge >= 0.3 is 0 Å². The molecule has 1 aliphatic carbocycles. The second-order valence-electron chi connectivity index (χ2n) is 6.81. The van der Waals surface area contributed by atoms with E-state index in [1.165, 1.54) is 56.6 Å². The van der Waals surface area contributed by atoms with Gasteiger partial charge in [-0.25, -0.2) is 4.98 Å². The molecule has 21 heavy (non-hydrogen) atoms. The molecule has 0 bridgehead atoms. The van der Waals surface area contributed by atoms with E-state index in [2.05, 4.69) is 32.2 Å². The van der Waals surface area contributed by atoms with Gasteiger partial charge in [-0.3, -0.25) is 4.90 Å². The van der Waals surface area contributed by atoms with E-state index in [1.54, 1.807) is 0 Å². The molecule has 1 aromatic heterocycles. The average molecular weight is 286 g/mol. The highest BCUT2D eigenvalue weighted by Crippen LogP contribution is 2.24. The van der Waals surface area contributed by atoms with Gasteiger partial charge in [-0.1, -0.05) is 6.42 Å². The average Bonchev–Trinajstić information content (AvgIpc) is 3.37. The first-order valence-corrected chi connectivity index (χ1v) is 8.56. The highest BCUT2D eigenvalue weighted by molar-refractivity contribution is 5.42. The summed E-state index contributed by atoms with van der Waals surface area (Å²) in [6.07, 6.45) is 8.82. The van der Waals surface area contributed by atoms with Gasteiger partial charge < -0.3 is 10.2 Å². The summed E-state index contributed by atoms with van der Waals surface area (Å²) in [5, 5.41) is 3.59. The summed E-state index contributed by atoms with van der Waals surface area (Å²) in [5.74, 6) is 1.18. The summed E-state index contributed by atoms with van der Waals surface area (Å²) in [6.45, 7) is 5.78. The molecule has 0 spiro atoms. The second kappa shape index (κ2) is 5.93. The summed E-state index contributed by atoms with van der Waals surface area (Å²) in [5.41, 5.74) is 1.37. The Balaban J connectivity index is 1.41. The Kier molecular flexibility index (Phi) is 3.82. The minimum Gasteiger partial charge on any atom is -0.354 e. The van der Waals surface area contributed by atoms with Gasteiger partial charge in [-0.05, 0) is 49.9 Å². The van der Waals surface area contributed by atoms with E-state index in [9.17, 15) is 0 Å². The number of nitrogens with zero attached hydrogens (tertiary/aromatic N) is 3. The number of anilines is 1. The first kappa shape index (κ1) is 13.5. The van der Waals surface area contributed by atoms with Crippen LogP contribution in [0.5, 0.6) is 0 Å². The minimum absolute atomic E-state index is 0.752. The molecule has 3 heterocycles. The van der Waals surface area contributed by atoms with Gasteiger partial charge in [-0.15, -0.1) is 0 Å². The van der Waals surface area contributed by atoms with E-state index in [4.69, 9.17) is 0 Å². The Hall–Kier alpha value is -1.13. The standard InChI is InChI=1S/C17H26N4/c1-2-8-20-9-10-21(13-16(20)3-1)17-11-14(6-7-18-17)12-19-15-4-5-15/h6-7,11,15-16,19H,1-5,8-10,12-13H2. The maximum absolute atomic E-state index is 4.62. The second-order valence-corrected chi connectivity index (χ2v) is 6.81. The Bertz CT molecular complexity index is 485. The van der Waals surface area contributed by atoms with Crippen molar-refractivity contribution in [2.75, 3.05) is 31.1 Å². The molecule has 1 N–H and O–H groups in total. The molecule has 1 aromatic rings. The van der Waals surface area contributed by atoms with Crippen molar-refractivity contribution in [2.24, 2.45) is 0 Å². The van der Waals surface area contributed by atoms with E-state index in [-0.39, 0.29) is 0 Å². The molecule has 4 nitrogen and oxygen atoms in total. The summed E-state index contributed by atoms with van der Waals surface area (Å²) < 4.78 is 0. The summed E-state index contributed by atoms with van der Waals surface area (Å²) in [6, 6.07) is 5.96. The highest BCUT2D eigenvalue weighted by atomic mass is 15.3. The summed E-state index contributed by atoms with van der Waals surface area (Å²) in [7, 11) is 0. The van der Waals surface area contributed by atoms with Crippen LogP contribution in [0.2, 0.25) is 0 Å². The Morgan fingerprint density at radius 1 is 1.14 bits per heavy atom. The molecular formula is C17H26N4. The van der Waals surface area contributed by atoms with Crippen molar-refractivity contribution in [3.8, 4) is 0 Å². The molecule has 0 radical (unpaired) electrons. The van der Waals surface area contributed by atoms with Gasteiger partial charge in [-0.2, -0.15) is 0 Å². The van der Waals surface area contributed by atoms with Crippen LogP contribution in [0.1, 0.15) is 37.7 Å². The lowest BCUT2D eigenvalue weighted by atomic mass is 9.99. The molecule has 114 valence electrons. The van der Waals surface area contributed by atoms with Crippen molar-refractivity contribution in [2.45, 2.75) is 50.7 Å². The molecule has 0 aromatic carbocycles. The van der Waals surface area contributed by atoms with Crippen molar-refractivity contribution < 1.29 is 0 Å². The van der Waals surface area contributed by atoms with Crippen LogP contribution in [-0.4, -0.2) is 48.1 Å². The third kappa shape index (κ3) is 3.22. The predicted molar refractivity (Wildman–Crippen MR) is 85.5 cm³/mol. The summed E-state index contributed by atoms with van der Waals surface area (Å²) in [4.78, 5) is 9.80. The molecular weight excluding hydrogens is 260 g/mol. The highest BCUT2D eigenvalue weighted by Gasteiger charge is 2.29. The van der Waals surface area contributed by atoms with Crippen LogP contribution in [-0.2, 0) is 6.54 Å². The van der Waals surface area contributed by atoms with Crippen LogP contribution in [0.25, 0.3) is 0 Å². The first-order valence-electron chi connectivity index (χ1n) is 8.56. The Morgan fingerprint density at radius 2 is 2.10 bits per heavy atom. The zero-order valence-corrected chi connectivity index (χ0v) is 12.8. The third-order valence-electron chi connectivity index (χ3n) is 5.14. The number of aromatic nitrogens is 1. The molecule has 1 unspecified atom stereocenters. The van der Waals surface area contributed by atoms with Gasteiger partial charge in [0.15, 0.2) is 0 Å². The largest absolute Gasteiger partial charge is 0.354 e. The van der Waals surface area contributed by atoms with Crippen molar-refractivity contribution >= 4 is 5.82 Å². The van der Waals surface area contributed by atoms with Gasteiger partial charge in [0.1, 0.15) is 5.82 Å². The quantitative estimate of drug-likeness (QED) is 0.917. The molecule has 4 rings (SSSR count). The van der Waals surface area contributed by atoms with Crippen molar-refractivity contribution in [3.63, 3.8) is 0 Å². The monoisotopic (exact) mass is 286 g/mol. The van der Waals surface area contributed by atoms with Crippen LogP contribution < -0.4 is 10.2 Å². The number of fused-ring (bicyclic) bond motifs is 1. The van der Waals surface area contributed by atoms with E-state index < -0.39 is 0 Å². The van der Waals surface area contributed by atoms with Crippen LogP contribution in [0.3, 0.4) is 0 Å². The lowest BCUT2D eigenvalue weighted by Crippen LogP contribution is -2.55. The molecule has 1 atom stereocenters. The van der Waals surface area contributed by atoms with Crippen LogP contribution >= 0.6 is 0 Å². The number of rotatable bonds is 4. The molecule has 3 aliphatic rings. The van der Waals surface area contributed by atoms with Gasteiger partial charge in [0.05, 0.1) is 0 Å². The van der Waals surface area contributed by atoms with Crippen molar-refractivity contribution in [1.29, 1.82) is 0 Å². The normalized spacial score (nSPS) is 26.7. The molecule has 3 fully saturated rings. The van der Waals surface area contributed by atoms with Crippen LogP contribution in [0.4, 0.5) is 5.82 Å². The lowest BCUT2D eigenvalue weighted by molar-refractivity contribution is 0.133. The first-order chi connectivity index (χ1) is 10.4. The fraction of sp³-hybridized carbons (Fsp3) is 0.706. The fourth-order valence-corrected chi connectivity index (χ4v) is 3.66. The van der Waals surface area contributed by atoms with Crippen molar-refractivity contribution in [1.82, 2.24) is 15.2 Å². The van der Waals surface area contributed by atoms with Gasteiger partial charge in [0, 0.05) is 44.5 Å². The number of piperidine rings is 1. The maximum atomic E-state index is 4.62. The molecule has 2 aliphatic heterocycles. The fourth-order valence-electron chi connectivity index (χ4n) is 3.66. The molecule has 0 amide bonds. The van der Waals surface area contributed by atoms with E-state index in [0.717, 1.165) is 31.7 Å².